The van der Waals surface area contributed by atoms with Gasteiger partial charge in [-0.1, -0.05) is 24.3 Å². The quantitative estimate of drug-likeness (QED) is 0.829. The number of benzene rings is 2. The average Bonchev–Trinajstić information content (AvgIpc) is 2.92. The Labute approximate surface area is 111 Å². The zero-order valence-corrected chi connectivity index (χ0v) is 11.0. The second kappa shape index (κ2) is 5.21. The van der Waals surface area contributed by atoms with Gasteiger partial charge >= 0.3 is 0 Å². The fourth-order valence-corrected chi connectivity index (χ4v) is 3.63. The van der Waals surface area contributed by atoms with Crippen molar-refractivity contribution in [3.8, 4) is 5.75 Å². The Hall–Kier alpha value is -1.19. The topological polar surface area (TPSA) is 32.3 Å². The van der Waals surface area contributed by atoms with E-state index in [0.29, 0.717) is 11.8 Å². The summed E-state index contributed by atoms with van der Waals surface area (Å²) < 4.78 is 0. The molecule has 1 aliphatic heterocycles. The van der Waals surface area contributed by atoms with Crippen LogP contribution in [0.25, 0.3) is 10.8 Å². The Kier molecular flexibility index (Phi) is 3.43. The van der Waals surface area contributed by atoms with Gasteiger partial charge in [0.2, 0.25) is 0 Å². The number of hydrogen-bond acceptors (Lipinski definition) is 3. The number of phenols is 1. The molecule has 0 unspecified atom stereocenters. The van der Waals surface area contributed by atoms with E-state index in [-0.39, 0.29) is 0 Å². The van der Waals surface area contributed by atoms with E-state index in [1.165, 1.54) is 17.7 Å². The van der Waals surface area contributed by atoms with Crippen molar-refractivity contribution < 1.29 is 5.11 Å². The van der Waals surface area contributed by atoms with Crippen molar-refractivity contribution in [3.05, 3.63) is 36.4 Å². The maximum Gasteiger partial charge on any atom is 0.123 e. The predicted octanol–water partition coefficient (Wildman–Crippen LogP) is 3.39. The minimum Gasteiger partial charge on any atom is -0.507 e. The minimum atomic E-state index is 0.369. The summed E-state index contributed by atoms with van der Waals surface area (Å²) in [6, 6.07) is 12.5. The zero-order chi connectivity index (χ0) is 12.4. The molecule has 2 aromatic carbocycles. The summed E-state index contributed by atoms with van der Waals surface area (Å²) in [7, 11) is 0. The molecule has 94 valence electrons. The van der Waals surface area contributed by atoms with E-state index in [1.807, 2.05) is 36.0 Å². The Balaban J connectivity index is 1.85. The Bertz CT molecular complexity index is 549. The van der Waals surface area contributed by atoms with Gasteiger partial charge in [0.25, 0.3) is 0 Å². The van der Waals surface area contributed by atoms with Gasteiger partial charge in [0, 0.05) is 22.1 Å². The molecule has 1 aliphatic rings. The number of rotatable bonds is 3. The van der Waals surface area contributed by atoms with Crippen LogP contribution < -0.4 is 5.32 Å². The van der Waals surface area contributed by atoms with E-state index in [0.717, 1.165) is 23.1 Å². The smallest absolute Gasteiger partial charge is 0.123 e. The van der Waals surface area contributed by atoms with Crippen LogP contribution in [0, 0.1) is 0 Å². The molecule has 0 aliphatic carbocycles. The molecule has 0 radical (unpaired) electrons. The number of thioether (sulfide) groups is 1. The van der Waals surface area contributed by atoms with Crippen molar-refractivity contribution in [1.29, 1.82) is 0 Å². The normalized spacial score (nSPS) is 19.4. The molecule has 0 bridgehead atoms. The third-order valence-corrected chi connectivity index (χ3v) is 4.70. The van der Waals surface area contributed by atoms with Crippen LogP contribution in [0.15, 0.2) is 41.3 Å². The van der Waals surface area contributed by atoms with Crippen LogP contribution in [-0.4, -0.2) is 23.4 Å². The van der Waals surface area contributed by atoms with Gasteiger partial charge in [-0.3, -0.25) is 0 Å². The molecule has 1 heterocycles. The van der Waals surface area contributed by atoms with E-state index >= 15 is 0 Å². The van der Waals surface area contributed by atoms with Crippen molar-refractivity contribution in [1.82, 2.24) is 5.32 Å². The highest BCUT2D eigenvalue weighted by Gasteiger charge is 2.14. The van der Waals surface area contributed by atoms with Crippen molar-refractivity contribution >= 4 is 22.5 Å². The summed E-state index contributed by atoms with van der Waals surface area (Å²) in [6.07, 6.45) is 2.57. The molecule has 1 atom stereocenters. The fourth-order valence-electron chi connectivity index (χ4n) is 2.47. The number of aromatic hydroxyl groups is 1. The summed E-state index contributed by atoms with van der Waals surface area (Å²) in [4.78, 5) is 1.26. The van der Waals surface area contributed by atoms with Crippen LogP contribution >= 0.6 is 11.8 Å². The maximum absolute atomic E-state index is 9.85. The van der Waals surface area contributed by atoms with Gasteiger partial charge in [-0.15, -0.1) is 11.8 Å². The highest BCUT2D eigenvalue weighted by Crippen LogP contribution is 2.33. The highest BCUT2D eigenvalue weighted by molar-refractivity contribution is 7.99. The number of hydrogen-bond donors (Lipinski definition) is 2. The molecule has 2 N–H and O–H groups in total. The van der Waals surface area contributed by atoms with Crippen molar-refractivity contribution in [2.45, 2.75) is 23.8 Å². The van der Waals surface area contributed by atoms with Gasteiger partial charge in [-0.05, 0) is 36.9 Å². The molecule has 0 spiro atoms. The van der Waals surface area contributed by atoms with Crippen LogP contribution in [0.2, 0.25) is 0 Å². The molecule has 0 saturated carbocycles. The number of nitrogens with one attached hydrogen (secondary N) is 1. The molecular formula is C15H17NOS. The molecule has 1 fully saturated rings. The summed E-state index contributed by atoms with van der Waals surface area (Å²) >= 11 is 1.88. The second-order valence-electron chi connectivity index (χ2n) is 4.73. The first-order valence-electron chi connectivity index (χ1n) is 6.41. The molecule has 3 rings (SSSR count). The van der Waals surface area contributed by atoms with Crippen LogP contribution in [0.3, 0.4) is 0 Å². The second-order valence-corrected chi connectivity index (χ2v) is 5.79. The maximum atomic E-state index is 9.85. The minimum absolute atomic E-state index is 0.369. The Morgan fingerprint density at radius 2 is 2.00 bits per heavy atom. The van der Waals surface area contributed by atoms with E-state index in [1.54, 1.807) is 6.07 Å². The van der Waals surface area contributed by atoms with Gasteiger partial charge in [0.1, 0.15) is 5.75 Å². The lowest BCUT2D eigenvalue weighted by atomic mass is 10.1. The van der Waals surface area contributed by atoms with Crippen molar-refractivity contribution in [3.63, 3.8) is 0 Å². The van der Waals surface area contributed by atoms with Gasteiger partial charge in [0.15, 0.2) is 0 Å². The van der Waals surface area contributed by atoms with Crippen LogP contribution in [0.4, 0.5) is 0 Å². The first-order chi connectivity index (χ1) is 8.84. The Morgan fingerprint density at radius 3 is 2.78 bits per heavy atom. The molecule has 0 aromatic heterocycles. The lowest BCUT2D eigenvalue weighted by Gasteiger charge is -2.11. The van der Waals surface area contributed by atoms with E-state index in [4.69, 9.17) is 0 Å². The summed E-state index contributed by atoms with van der Waals surface area (Å²) in [5, 5.41) is 15.5. The summed E-state index contributed by atoms with van der Waals surface area (Å²) in [5.41, 5.74) is 0. The lowest BCUT2D eigenvalue weighted by molar-refractivity contribution is 0.481. The average molecular weight is 259 g/mol. The van der Waals surface area contributed by atoms with E-state index < -0.39 is 0 Å². The van der Waals surface area contributed by atoms with Crippen LogP contribution in [0.5, 0.6) is 5.75 Å². The van der Waals surface area contributed by atoms with Crippen LogP contribution in [-0.2, 0) is 0 Å². The molecule has 0 amide bonds. The van der Waals surface area contributed by atoms with Gasteiger partial charge in [0.05, 0.1) is 0 Å². The van der Waals surface area contributed by atoms with Crippen molar-refractivity contribution in [2.75, 3.05) is 12.3 Å². The van der Waals surface area contributed by atoms with Gasteiger partial charge in [-0.2, -0.15) is 0 Å². The summed E-state index contributed by atoms with van der Waals surface area (Å²) in [6.45, 7) is 1.15. The number of phenolic OH excluding ortho intramolecular Hbond substituents is 1. The molecule has 18 heavy (non-hydrogen) atoms. The predicted molar refractivity (Wildman–Crippen MR) is 77.4 cm³/mol. The standard InChI is InChI=1S/C15H17NOS/c17-14-7-8-15(13-6-2-1-5-12(13)14)18-10-11-4-3-9-16-11/h1-2,5-8,11,16-17H,3-4,9-10H2/t11-/m0/s1. The van der Waals surface area contributed by atoms with Gasteiger partial charge in [-0.25, -0.2) is 0 Å². The zero-order valence-electron chi connectivity index (χ0n) is 10.2. The molecular weight excluding hydrogens is 242 g/mol. The largest absolute Gasteiger partial charge is 0.507 e. The van der Waals surface area contributed by atoms with E-state index in [9.17, 15) is 5.11 Å². The fraction of sp³-hybridized carbons (Fsp3) is 0.333. The molecule has 2 aromatic rings. The molecule has 1 saturated heterocycles. The molecule has 3 heteroatoms. The summed E-state index contributed by atoms with van der Waals surface area (Å²) in [5.74, 6) is 1.48. The monoisotopic (exact) mass is 259 g/mol. The molecule has 2 nitrogen and oxygen atoms in total. The third-order valence-electron chi connectivity index (χ3n) is 3.46. The third kappa shape index (κ3) is 2.33. The van der Waals surface area contributed by atoms with Crippen molar-refractivity contribution in [2.24, 2.45) is 0 Å². The Morgan fingerprint density at radius 1 is 1.17 bits per heavy atom. The lowest BCUT2D eigenvalue weighted by Crippen LogP contribution is -2.23. The first-order valence-corrected chi connectivity index (χ1v) is 7.40. The van der Waals surface area contributed by atoms with Gasteiger partial charge < -0.3 is 10.4 Å². The SMILES string of the molecule is Oc1ccc(SC[C@@H]2CCCN2)c2ccccc12. The first kappa shape index (κ1) is 11.9. The van der Waals surface area contributed by atoms with E-state index in [2.05, 4.69) is 11.4 Å². The van der Waals surface area contributed by atoms with Crippen LogP contribution in [0.1, 0.15) is 12.8 Å². The highest BCUT2D eigenvalue weighted by atomic mass is 32.2. The number of fused-ring (bicyclic) bond motifs is 1.